The topological polar surface area (TPSA) is 78.4 Å². The first-order valence-corrected chi connectivity index (χ1v) is 16.1. The van der Waals surface area contributed by atoms with Gasteiger partial charge in [0.2, 0.25) is 0 Å². The van der Waals surface area contributed by atoms with Gasteiger partial charge >= 0.3 is 0 Å². The lowest BCUT2D eigenvalue weighted by molar-refractivity contribution is -0.240. The Morgan fingerprint density at radius 1 is 0.692 bits per heavy atom. The molecule has 3 fully saturated rings. The molecule has 0 aliphatic carbocycles. The second-order valence-corrected chi connectivity index (χ2v) is 12.6. The predicted octanol–water partition coefficient (Wildman–Crippen LogP) is 6.76. The van der Waals surface area contributed by atoms with Gasteiger partial charge in [-0.2, -0.15) is 0 Å². The molecular weight excluding hydrogens is 494 g/mol. The number of allylic oxidation sites excluding steroid dienone is 2. The molecule has 0 aromatic carbocycles. The first-order chi connectivity index (χ1) is 18.8. The van der Waals surface area contributed by atoms with Gasteiger partial charge in [0.1, 0.15) is 24.4 Å². The molecule has 7 nitrogen and oxygen atoms in total. The fourth-order valence-corrected chi connectivity index (χ4v) is 6.15. The monoisotopic (exact) mass is 553 g/mol. The highest BCUT2D eigenvalue weighted by Gasteiger charge is 2.61. The van der Waals surface area contributed by atoms with Gasteiger partial charge in [-0.25, -0.2) is 0 Å². The summed E-state index contributed by atoms with van der Waals surface area (Å²) in [6.45, 7) is 10.9. The Kier molecular flexibility index (Phi) is 14.2. The van der Waals surface area contributed by atoms with Gasteiger partial charge in [-0.05, 0) is 72.8 Å². The Morgan fingerprint density at radius 2 is 1.23 bits per heavy atom. The molecule has 0 unspecified atom stereocenters. The number of ether oxygens (including phenoxy) is 5. The highest BCUT2D eigenvalue weighted by atomic mass is 16.9. The minimum absolute atomic E-state index is 0.0450. The van der Waals surface area contributed by atoms with Gasteiger partial charge in [0, 0.05) is 12.6 Å². The van der Waals surface area contributed by atoms with Crippen molar-refractivity contribution < 1.29 is 28.8 Å². The normalized spacial score (nSPS) is 30.1. The van der Waals surface area contributed by atoms with E-state index in [4.69, 9.17) is 23.7 Å². The summed E-state index contributed by atoms with van der Waals surface area (Å²) < 4.78 is 31.1. The molecule has 3 rings (SSSR count). The van der Waals surface area contributed by atoms with Crippen LogP contribution in [0.2, 0.25) is 0 Å². The van der Waals surface area contributed by atoms with Crippen LogP contribution < -0.4 is 5.32 Å². The Balaban J connectivity index is 1.29. The molecule has 6 atom stereocenters. The first kappa shape index (κ1) is 33.0. The molecule has 3 aliphatic heterocycles. The van der Waals surface area contributed by atoms with Crippen LogP contribution in [0.3, 0.4) is 0 Å². The maximum atomic E-state index is 9.80. The molecule has 0 amide bonds. The van der Waals surface area contributed by atoms with Crippen LogP contribution in [0.4, 0.5) is 0 Å². The molecule has 3 aliphatic rings. The summed E-state index contributed by atoms with van der Waals surface area (Å²) in [5.74, 6) is -1.44. The minimum Gasteiger partial charge on any atom is -0.396 e. The molecule has 0 saturated carbocycles. The summed E-state index contributed by atoms with van der Waals surface area (Å²) in [4.78, 5) is 0. The number of aliphatic hydroxyl groups is 1. The molecule has 7 heteroatoms. The van der Waals surface area contributed by atoms with E-state index in [-0.39, 0.29) is 37.1 Å². The van der Waals surface area contributed by atoms with Crippen molar-refractivity contribution in [1.82, 2.24) is 5.32 Å². The Morgan fingerprint density at radius 3 is 1.87 bits per heavy atom. The zero-order valence-corrected chi connectivity index (χ0v) is 25.6. The van der Waals surface area contributed by atoms with E-state index in [1.54, 1.807) is 0 Å². The molecule has 0 aromatic rings. The van der Waals surface area contributed by atoms with Crippen LogP contribution in [-0.4, -0.2) is 66.6 Å². The second kappa shape index (κ2) is 16.8. The van der Waals surface area contributed by atoms with E-state index in [2.05, 4.69) is 24.4 Å². The lowest BCUT2D eigenvalue weighted by atomic mass is 9.92. The molecule has 3 heterocycles. The number of aliphatic hydroxyl groups excluding tert-OH is 1. The molecule has 0 aromatic heterocycles. The van der Waals surface area contributed by atoms with Crippen molar-refractivity contribution in [2.75, 3.05) is 13.2 Å². The van der Waals surface area contributed by atoms with E-state index >= 15 is 0 Å². The van der Waals surface area contributed by atoms with Crippen molar-refractivity contribution >= 4 is 0 Å². The van der Waals surface area contributed by atoms with Gasteiger partial charge in [0.15, 0.2) is 17.9 Å². The van der Waals surface area contributed by atoms with Gasteiger partial charge < -0.3 is 34.1 Å². The number of nitrogens with one attached hydrogen (secondary N) is 1. The zero-order chi connectivity index (χ0) is 28.1. The lowest BCUT2D eigenvalue weighted by Crippen LogP contribution is -2.61. The van der Waals surface area contributed by atoms with Crippen molar-refractivity contribution in [3.63, 3.8) is 0 Å². The average molecular weight is 554 g/mol. The average Bonchev–Trinajstić information content (AvgIpc) is 3.38. The van der Waals surface area contributed by atoms with E-state index < -0.39 is 17.9 Å². The molecule has 0 bridgehead atoms. The number of rotatable bonds is 20. The Labute approximate surface area is 238 Å². The van der Waals surface area contributed by atoms with Gasteiger partial charge in [0.05, 0.1) is 0 Å². The highest BCUT2D eigenvalue weighted by Crippen LogP contribution is 2.45. The number of fused-ring (bicyclic) bond motifs is 3. The smallest absolute Gasteiger partial charge is 0.190 e. The fraction of sp³-hybridized carbons (Fsp3) is 0.938. The van der Waals surface area contributed by atoms with Crippen LogP contribution in [0.1, 0.15) is 131 Å². The van der Waals surface area contributed by atoms with Crippen LogP contribution in [0.5, 0.6) is 0 Å². The maximum absolute atomic E-state index is 9.80. The largest absolute Gasteiger partial charge is 0.396 e. The Hall–Kier alpha value is -0.540. The van der Waals surface area contributed by atoms with E-state index in [0.29, 0.717) is 6.42 Å². The minimum atomic E-state index is -0.728. The lowest BCUT2D eigenvalue weighted by Gasteiger charge is -2.41. The quantitative estimate of drug-likeness (QED) is 0.127. The van der Waals surface area contributed by atoms with Crippen molar-refractivity contribution in [3.8, 4) is 0 Å². The number of hydrogen-bond acceptors (Lipinski definition) is 7. The molecule has 2 N–H and O–H groups in total. The molecule has 228 valence electrons. The van der Waals surface area contributed by atoms with Gasteiger partial charge in [0.25, 0.3) is 0 Å². The standard InChI is InChI=1S/C32H59NO6/c1-6-7-8-9-10-11-12-13-14-15-16-17-18-19-20-21-23-33-25(22-24-34)26-27-28(37-31(2,3)36-27)29-30(35-26)39-32(4,5)38-29/h13-14,25-30,33-34H,6-12,15-24H2,1-5H3/b14-13-/t25-,26+,27-,28-,29+,30-/m0/s1. The maximum Gasteiger partial charge on any atom is 0.190 e. The summed E-state index contributed by atoms with van der Waals surface area (Å²) in [5, 5.41) is 13.5. The first-order valence-electron chi connectivity index (χ1n) is 16.1. The van der Waals surface area contributed by atoms with Gasteiger partial charge in [-0.3, -0.25) is 0 Å². The SMILES string of the molecule is CCCCCCCC/C=C\CCCCCCCCN[C@@H](CCO)[C@H]1O[C@H]2OC(C)(C)O[C@@H]2[C@H]2OC(C)(C)O[C@H]21. The third-order valence-corrected chi connectivity index (χ3v) is 8.12. The fourth-order valence-electron chi connectivity index (χ4n) is 6.15. The van der Waals surface area contributed by atoms with E-state index in [1.165, 1.54) is 83.5 Å². The summed E-state index contributed by atoms with van der Waals surface area (Å²) in [6, 6.07) is -0.0450. The van der Waals surface area contributed by atoms with Crippen molar-refractivity contribution in [2.24, 2.45) is 0 Å². The third-order valence-electron chi connectivity index (χ3n) is 8.12. The van der Waals surface area contributed by atoms with E-state index in [1.807, 2.05) is 27.7 Å². The molecular formula is C32H59NO6. The number of unbranched alkanes of at least 4 members (excludes halogenated alkanes) is 12. The predicted molar refractivity (Wildman–Crippen MR) is 155 cm³/mol. The van der Waals surface area contributed by atoms with Crippen molar-refractivity contribution in [2.45, 2.75) is 179 Å². The molecule has 39 heavy (non-hydrogen) atoms. The molecule has 0 radical (unpaired) electrons. The van der Waals surface area contributed by atoms with Crippen molar-refractivity contribution in [1.29, 1.82) is 0 Å². The van der Waals surface area contributed by atoms with Crippen LogP contribution in [0.25, 0.3) is 0 Å². The molecule has 0 spiro atoms. The van der Waals surface area contributed by atoms with Crippen LogP contribution >= 0.6 is 0 Å². The highest BCUT2D eigenvalue weighted by molar-refractivity contribution is 5.03. The van der Waals surface area contributed by atoms with E-state index in [0.717, 1.165) is 13.0 Å². The van der Waals surface area contributed by atoms with E-state index in [9.17, 15) is 5.11 Å². The molecule has 3 saturated heterocycles. The summed E-state index contributed by atoms with van der Waals surface area (Å²) in [5.41, 5.74) is 0. The van der Waals surface area contributed by atoms with Crippen LogP contribution in [0, 0.1) is 0 Å². The summed E-state index contributed by atoms with van der Waals surface area (Å²) in [7, 11) is 0. The summed E-state index contributed by atoms with van der Waals surface area (Å²) in [6.07, 6.45) is 22.0. The summed E-state index contributed by atoms with van der Waals surface area (Å²) >= 11 is 0. The zero-order valence-electron chi connectivity index (χ0n) is 25.6. The van der Waals surface area contributed by atoms with Crippen LogP contribution in [0.15, 0.2) is 12.2 Å². The van der Waals surface area contributed by atoms with Gasteiger partial charge in [-0.1, -0.05) is 76.9 Å². The number of hydrogen-bond donors (Lipinski definition) is 2. The van der Waals surface area contributed by atoms with Crippen molar-refractivity contribution in [3.05, 3.63) is 12.2 Å². The third kappa shape index (κ3) is 11.0. The Bertz CT molecular complexity index is 698. The van der Waals surface area contributed by atoms with Crippen LogP contribution in [-0.2, 0) is 23.7 Å². The second-order valence-electron chi connectivity index (χ2n) is 12.6. The van der Waals surface area contributed by atoms with Gasteiger partial charge in [-0.15, -0.1) is 0 Å².